The summed E-state index contributed by atoms with van der Waals surface area (Å²) in [4.78, 5) is 4.49. The number of hydrogen-bond acceptors (Lipinski definition) is 2. The normalized spacial score (nSPS) is 10.6. The number of aryl methyl sites for hydroxylation is 1. The lowest BCUT2D eigenvalue weighted by Crippen LogP contribution is -2.53. The van der Waals surface area contributed by atoms with Crippen molar-refractivity contribution in [1.29, 1.82) is 0 Å². The maximum atomic E-state index is 6.03. The van der Waals surface area contributed by atoms with Crippen LogP contribution in [0.2, 0.25) is 5.02 Å². The average molecular weight is 390 g/mol. The molecule has 3 rings (SSSR count). The molecule has 0 N–H and O–H groups in total. The lowest BCUT2D eigenvalue weighted by molar-refractivity contribution is -0.686. The summed E-state index contributed by atoms with van der Waals surface area (Å²) in [7, 11) is 0. The van der Waals surface area contributed by atoms with E-state index in [4.69, 9.17) is 11.6 Å². The second kappa shape index (κ2) is 7.11. The van der Waals surface area contributed by atoms with Gasteiger partial charge in [0.25, 0.3) is 0 Å². The summed E-state index contributed by atoms with van der Waals surface area (Å²) in [5.41, 5.74) is 2.45. The fourth-order valence-corrected chi connectivity index (χ4v) is 3.12. The number of pyridine rings is 2. The van der Waals surface area contributed by atoms with Gasteiger partial charge in [-0.1, -0.05) is 52.2 Å². The molecule has 116 valence electrons. The Morgan fingerprint density at radius 2 is 1.83 bits per heavy atom. The first-order valence-corrected chi connectivity index (χ1v) is 8.41. The number of halogens is 2. The van der Waals surface area contributed by atoms with Gasteiger partial charge in [-0.25, -0.2) is 4.98 Å². The Kier molecular flexibility index (Phi) is 4.94. The highest BCUT2D eigenvalue weighted by atomic mass is 79.9. The van der Waals surface area contributed by atoms with Gasteiger partial charge in [0.15, 0.2) is 12.4 Å². The van der Waals surface area contributed by atoms with Crippen LogP contribution in [0.4, 0.5) is 5.82 Å². The van der Waals surface area contributed by atoms with Crippen LogP contribution in [0.25, 0.3) is 0 Å². The lowest BCUT2D eigenvalue weighted by atomic mass is 10.1. The Balaban J connectivity index is 2.01. The second-order valence-electron chi connectivity index (χ2n) is 5.26. The lowest BCUT2D eigenvalue weighted by Gasteiger charge is -2.18. The number of anilines is 1. The summed E-state index contributed by atoms with van der Waals surface area (Å²) in [5.74, 6) is 0.811. The number of rotatable bonds is 4. The van der Waals surface area contributed by atoms with Crippen LogP contribution in [0.5, 0.6) is 0 Å². The van der Waals surface area contributed by atoms with E-state index in [-0.39, 0.29) is 0 Å². The summed E-state index contributed by atoms with van der Waals surface area (Å²) in [5, 5.41) is 2.69. The molecule has 2 heterocycles. The molecule has 5 heteroatoms. The van der Waals surface area contributed by atoms with Crippen LogP contribution >= 0.6 is 27.5 Å². The Bertz CT molecular complexity index is 791. The molecule has 2 aromatic heterocycles. The molecule has 0 bridgehead atoms. The number of hydrogen-bond donors (Lipinski definition) is 0. The molecule has 1 aromatic carbocycles. The third kappa shape index (κ3) is 3.89. The number of aromatic nitrogens is 2. The van der Waals surface area contributed by atoms with Crippen molar-refractivity contribution in [2.45, 2.75) is 13.5 Å². The fraction of sp³-hybridized carbons (Fsp3) is 0.111. The highest BCUT2D eigenvalue weighted by Crippen LogP contribution is 2.26. The SMILES string of the molecule is Cc1ccc(CN(c2ncc(Cl)cc2Br)[n+]2ccccc2)cc1. The van der Waals surface area contributed by atoms with Gasteiger partial charge in [0, 0.05) is 18.3 Å². The van der Waals surface area contributed by atoms with Crippen LogP contribution < -0.4 is 9.69 Å². The topological polar surface area (TPSA) is 20.0 Å². The molecular formula is C18H16BrClN3+. The van der Waals surface area contributed by atoms with E-state index < -0.39 is 0 Å². The van der Waals surface area contributed by atoms with Crippen molar-refractivity contribution in [3.05, 3.63) is 87.7 Å². The molecule has 0 atom stereocenters. The van der Waals surface area contributed by atoms with Gasteiger partial charge in [-0.05, 0) is 34.5 Å². The molecule has 0 aliphatic rings. The predicted molar refractivity (Wildman–Crippen MR) is 96.3 cm³/mol. The molecule has 0 fully saturated rings. The highest BCUT2D eigenvalue weighted by Gasteiger charge is 2.20. The van der Waals surface area contributed by atoms with Crippen molar-refractivity contribution in [2.24, 2.45) is 0 Å². The van der Waals surface area contributed by atoms with Gasteiger partial charge < -0.3 is 0 Å². The van der Waals surface area contributed by atoms with Gasteiger partial charge >= 0.3 is 0 Å². The van der Waals surface area contributed by atoms with E-state index in [1.165, 1.54) is 11.1 Å². The Morgan fingerprint density at radius 3 is 2.48 bits per heavy atom. The van der Waals surface area contributed by atoms with Gasteiger partial charge in [0.05, 0.1) is 9.50 Å². The molecule has 3 aromatic rings. The number of nitrogens with zero attached hydrogens (tertiary/aromatic N) is 3. The van der Waals surface area contributed by atoms with Crippen LogP contribution in [-0.2, 0) is 6.54 Å². The van der Waals surface area contributed by atoms with Gasteiger partial charge in [-0.3, -0.25) is 0 Å². The third-order valence-electron chi connectivity index (χ3n) is 3.46. The molecule has 0 spiro atoms. The van der Waals surface area contributed by atoms with E-state index >= 15 is 0 Å². The van der Waals surface area contributed by atoms with Crippen molar-refractivity contribution in [3.63, 3.8) is 0 Å². The largest absolute Gasteiger partial charge is 0.232 e. The fourth-order valence-electron chi connectivity index (χ4n) is 2.28. The third-order valence-corrected chi connectivity index (χ3v) is 4.25. The molecule has 0 aliphatic heterocycles. The minimum Gasteiger partial charge on any atom is -0.232 e. The van der Waals surface area contributed by atoms with Crippen molar-refractivity contribution >= 4 is 33.3 Å². The van der Waals surface area contributed by atoms with Crippen LogP contribution in [0.1, 0.15) is 11.1 Å². The second-order valence-corrected chi connectivity index (χ2v) is 6.55. The summed E-state index contributed by atoms with van der Waals surface area (Å²) in [6.45, 7) is 2.78. The zero-order valence-electron chi connectivity index (χ0n) is 12.7. The van der Waals surface area contributed by atoms with Crippen molar-refractivity contribution in [1.82, 2.24) is 4.98 Å². The standard InChI is InChI=1S/C18H16BrClN3/c1-14-5-7-15(8-6-14)13-23(22-9-3-2-4-10-22)18-17(19)11-16(20)12-21-18/h2-12H,13H2,1H3/q+1. The minimum absolute atomic E-state index is 0.606. The summed E-state index contributed by atoms with van der Waals surface area (Å²) < 4.78 is 2.87. The average Bonchev–Trinajstić information content (AvgIpc) is 2.56. The quantitative estimate of drug-likeness (QED) is 0.609. The van der Waals surface area contributed by atoms with Crippen LogP contribution in [-0.4, -0.2) is 4.98 Å². The minimum atomic E-state index is 0.606. The highest BCUT2D eigenvalue weighted by molar-refractivity contribution is 9.10. The zero-order valence-corrected chi connectivity index (χ0v) is 15.0. The van der Waals surface area contributed by atoms with E-state index in [1.807, 2.05) is 41.3 Å². The molecule has 23 heavy (non-hydrogen) atoms. The molecule has 0 unspecified atom stereocenters. The van der Waals surface area contributed by atoms with Gasteiger partial charge in [-0.15, -0.1) is 5.01 Å². The van der Waals surface area contributed by atoms with Gasteiger partial charge in [-0.2, -0.15) is 0 Å². The zero-order chi connectivity index (χ0) is 16.2. The number of benzene rings is 1. The molecular weight excluding hydrogens is 374 g/mol. The molecule has 0 saturated carbocycles. The summed E-state index contributed by atoms with van der Waals surface area (Å²) in [6.07, 6.45) is 5.65. The van der Waals surface area contributed by atoms with E-state index in [0.29, 0.717) is 11.6 Å². The molecule has 0 saturated heterocycles. The van der Waals surface area contributed by atoms with Crippen LogP contribution in [0.15, 0.2) is 71.6 Å². The summed E-state index contributed by atoms with van der Waals surface area (Å²) in [6, 6.07) is 16.3. The van der Waals surface area contributed by atoms with Gasteiger partial charge in [0.1, 0.15) is 6.54 Å². The maximum absolute atomic E-state index is 6.03. The Hall–Kier alpha value is -1.91. The van der Waals surface area contributed by atoms with Gasteiger partial charge in [0.2, 0.25) is 5.82 Å². The monoisotopic (exact) mass is 388 g/mol. The molecule has 3 nitrogen and oxygen atoms in total. The van der Waals surface area contributed by atoms with Crippen molar-refractivity contribution in [2.75, 3.05) is 5.01 Å². The van der Waals surface area contributed by atoms with E-state index in [2.05, 4.69) is 57.1 Å². The first-order valence-electron chi connectivity index (χ1n) is 7.24. The first kappa shape index (κ1) is 16.0. The van der Waals surface area contributed by atoms with Crippen molar-refractivity contribution in [3.8, 4) is 0 Å². The van der Waals surface area contributed by atoms with E-state index in [9.17, 15) is 0 Å². The first-order chi connectivity index (χ1) is 11.1. The molecule has 0 radical (unpaired) electrons. The predicted octanol–water partition coefficient (Wildman–Crippen LogP) is 4.56. The van der Waals surface area contributed by atoms with Crippen LogP contribution in [0.3, 0.4) is 0 Å². The van der Waals surface area contributed by atoms with E-state index in [0.717, 1.165) is 10.3 Å². The molecule has 0 aliphatic carbocycles. The van der Waals surface area contributed by atoms with Crippen LogP contribution in [0, 0.1) is 6.92 Å². The maximum Gasteiger partial charge on any atom is 0.202 e. The Labute approximate surface area is 149 Å². The Morgan fingerprint density at radius 1 is 1.13 bits per heavy atom. The van der Waals surface area contributed by atoms with E-state index in [1.54, 1.807) is 6.20 Å². The summed E-state index contributed by atoms with van der Waals surface area (Å²) >= 11 is 9.60. The van der Waals surface area contributed by atoms with Crippen molar-refractivity contribution < 1.29 is 4.68 Å². The molecule has 0 amide bonds. The smallest absolute Gasteiger partial charge is 0.202 e.